The standard InChI is InChI=1S/C12H20N2O7/c1-4-21-10(17)6-14(7(2)3)12(20)13-8(11(18)19)5-9(15)16/h7-8H,4-6H2,1-3H3,(H,13,20)(H,15,16)(H,18,19). The number of carbonyl (C=O) groups excluding carboxylic acids is 2. The molecule has 1 atom stereocenters. The first kappa shape index (κ1) is 18.7. The van der Waals surface area contributed by atoms with Crippen LogP contribution < -0.4 is 5.32 Å². The van der Waals surface area contributed by atoms with Crippen LogP contribution in [0.2, 0.25) is 0 Å². The van der Waals surface area contributed by atoms with Gasteiger partial charge in [0.25, 0.3) is 0 Å². The summed E-state index contributed by atoms with van der Waals surface area (Å²) in [4.78, 5) is 45.9. The molecule has 0 bridgehead atoms. The number of nitrogens with one attached hydrogen (secondary N) is 1. The fourth-order valence-electron chi connectivity index (χ4n) is 1.44. The molecule has 21 heavy (non-hydrogen) atoms. The number of esters is 1. The molecule has 0 aromatic rings. The number of carboxylic acids is 2. The molecular formula is C12H20N2O7. The summed E-state index contributed by atoms with van der Waals surface area (Å²) in [6, 6.07) is -2.81. The normalized spacial score (nSPS) is 11.6. The first-order valence-electron chi connectivity index (χ1n) is 6.36. The highest BCUT2D eigenvalue weighted by molar-refractivity contribution is 5.87. The summed E-state index contributed by atoms with van der Waals surface area (Å²) in [5, 5.41) is 19.6. The molecule has 120 valence electrons. The Balaban J connectivity index is 4.83. The maximum absolute atomic E-state index is 12.0. The van der Waals surface area contributed by atoms with Crippen molar-refractivity contribution in [1.29, 1.82) is 0 Å². The van der Waals surface area contributed by atoms with Gasteiger partial charge in [0.2, 0.25) is 0 Å². The van der Waals surface area contributed by atoms with Crippen molar-refractivity contribution in [2.75, 3.05) is 13.2 Å². The van der Waals surface area contributed by atoms with Gasteiger partial charge < -0.3 is 25.2 Å². The highest BCUT2D eigenvalue weighted by Gasteiger charge is 2.27. The van der Waals surface area contributed by atoms with Crippen LogP contribution in [0, 0.1) is 0 Å². The van der Waals surface area contributed by atoms with Crippen LogP contribution in [0.4, 0.5) is 4.79 Å². The summed E-state index contributed by atoms with van der Waals surface area (Å²) in [5.74, 6) is -3.46. The summed E-state index contributed by atoms with van der Waals surface area (Å²) >= 11 is 0. The lowest BCUT2D eigenvalue weighted by atomic mass is 10.2. The number of amides is 2. The molecule has 0 spiro atoms. The number of rotatable bonds is 8. The van der Waals surface area contributed by atoms with Crippen molar-refractivity contribution >= 4 is 23.9 Å². The summed E-state index contributed by atoms with van der Waals surface area (Å²) in [5.41, 5.74) is 0. The van der Waals surface area contributed by atoms with Gasteiger partial charge in [-0.1, -0.05) is 0 Å². The first-order chi connectivity index (χ1) is 9.68. The molecule has 0 rings (SSSR count). The van der Waals surface area contributed by atoms with Gasteiger partial charge in [0.1, 0.15) is 12.6 Å². The molecule has 1 unspecified atom stereocenters. The third-order valence-electron chi connectivity index (χ3n) is 2.46. The van der Waals surface area contributed by atoms with Crippen molar-refractivity contribution in [3.63, 3.8) is 0 Å². The highest BCUT2D eigenvalue weighted by atomic mass is 16.5. The van der Waals surface area contributed by atoms with Crippen molar-refractivity contribution in [2.24, 2.45) is 0 Å². The largest absolute Gasteiger partial charge is 0.481 e. The van der Waals surface area contributed by atoms with E-state index >= 15 is 0 Å². The average Bonchev–Trinajstić information content (AvgIpc) is 2.34. The second-order valence-electron chi connectivity index (χ2n) is 4.46. The number of hydrogen-bond acceptors (Lipinski definition) is 5. The van der Waals surface area contributed by atoms with Crippen LogP contribution in [0.5, 0.6) is 0 Å². The van der Waals surface area contributed by atoms with E-state index in [1.165, 1.54) is 0 Å². The quantitative estimate of drug-likeness (QED) is 0.533. The number of ether oxygens (including phenoxy) is 1. The molecular weight excluding hydrogens is 284 g/mol. The molecule has 9 nitrogen and oxygen atoms in total. The topological polar surface area (TPSA) is 133 Å². The molecule has 3 N–H and O–H groups in total. The first-order valence-corrected chi connectivity index (χ1v) is 6.36. The third-order valence-corrected chi connectivity index (χ3v) is 2.46. The number of urea groups is 1. The van der Waals surface area contributed by atoms with E-state index in [0.29, 0.717) is 0 Å². The zero-order chi connectivity index (χ0) is 16.6. The molecule has 0 aromatic heterocycles. The van der Waals surface area contributed by atoms with Crippen molar-refractivity contribution in [3.8, 4) is 0 Å². The lowest BCUT2D eigenvalue weighted by Crippen LogP contribution is -2.52. The Morgan fingerprint density at radius 3 is 2.14 bits per heavy atom. The maximum Gasteiger partial charge on any atom is 0.326 e. The van der Waals surface area contributed by atoms with Crippen LogP contribution in [0.3, 0.4) is 0 Å². The van der Waals surface area contributed by atoms with E-state index in [2.05, 4.69) is 5.32 Å². The third kappa shape index (κ3) is 7.14. The monoisotopic (exact) mass is 304 g/mol. The molecule has 0 saturated heterocycles. The number of aliphatic carboxylic acids is 2. The van der Waals surface area contributed by atoms with Gasteiger partial charge in [-0.3, -0.25) is 9.59 Å². The molecule has 0 heterocycles. The fraction of sp³-hybridized carbons (Fsp3) is 0.667. The van der Waals surface area contributed by atoms with Crippen LogP contribution in [-0.4, -0.2) is 64.3 Å². The maximum atomic E-state index is 12.0. The molecule has 0 fully saturated rings. The van der Waals surface area contributed by atoms with Gasteiger partial charge in [-0.05, 0) is 20.8 Å². The SMILES string of the molecule is CCOC(=O)CN(C(=O)NC(CC(=O)O)C(=O)O)C(C)C. The van der Waals surface area contributed by atoms with Gasteiger partial charge in [0.15, 0.2) is 0 Å². The Morgan fingerprint density at radius 1 is 1.19 bits per heavy atom. The summed E-state index contributed by atoms with van der Waals surface area (Å²) in [6.45, 7) is 4.68. The Kier molecular flexibility index (Phi) is 7.80. The predicted octanol–water partition coefficient (Wildman–Crippen LogP) is -0.103. The van der Waals surface area contributed by atoms with Crippen molar-refractivity contribution < 1.29 is 34.1 Å². The molecule has 0 aromatic carbocycles. The minimum absolute atomic E-state index is 0.156. The molecule has 0 radical (unpaired) electrons. The highest BCUT2D eigenvalue weighted by Crippen LogP contribution is 2.02. The molecule has 0 aliphatic heterocycles. The van der Waals surface area contributed by atoms with E-state index < -0.39 is 42.4 Å². The lowest BCUT2D eigenvalue weighted by molar-refractivity contribution is -0.146. The average molecular weight is 304 g/mol. The Morgan fingerprint density at radius 2 is 1.76 bits per heavy atom. The van der Waals surface area contributed by atoms with E-state index in [0.717, 1.165) is 4.90 Å². The number of carboxylic acid groups (broad SMARTS) is 2. The van der Waals surface area contributed by atoms with Crippen LogP contribution in [0.1, 0.15) is 27.2 Å². The van der Waals surface area contributed by atoms with Gasteiger partial charge in [0.05, 0.1) is 13.0 Å². The molecule has 9 heteroatoms. The minimum Gasteiger partial charge on any atom is -0.481 e. The molecule has 0 aliphatic rings. The number of carbonyl (C=O) groups is 4. The van der Waals surface area contributed by atoms with Crippen molar-refractivity contribution in [3.05, 3.63) is 0 Å². The van der Waals surface area contributed by atoms with E-state index in [9.17, 15) is 19.2 Å². The zero-order valence-corrected chi connectivity index (χ0v) is 12.2. The Labute approximate surface area is 121 Å². The van der Waals surface area contributed by atoms with E-state index in [1.807, 2.05) is 0 Å². The second-order valence-corrected chi connectivity index (χ2v) is 4.46. The van der Waals surface area contributed by atoms with Crippen LogP contribution in [-0.2, 0) is 19.1 Å². The summed E-state index contributed by atoms with van der Waals surface area (Å²) < 4.78 is 4.72. The van der Waals surface area contributed by atoms with E-state index in [-0.39, 0.29) is 13.2 Å². The molecule has 0 aliphatic carbocycles. The van der Waals surface area contributed by atoms with Gasteiger partial charge in [-0.25, -0.2) is 9.59 Å². The predicted molar refractivity (Wildman–Crippen MR) is 70.7 cm³/mol. The van der Waals surface area contributed by atoms with E-state index in [1.54, 1.807) is 20.8 Å². The zero-order valence-electron chi connectivity index (χ0n) is 12.2. The smallest absolute Gasteiger partial charge is 0.326 e. The lowest BCUT2D eigenvalue weighted by Gasteiger charge is -2.27. The van der Waals surface area contributed by atoms with Crippen molar-refractivity contribution in [2.45, 2.75) is 39.3 Å². The minimum atomic E-state index is -1.57. The Bertz CT molecular complexity index is 408. The van der Waals surface area contributed by atoms with Crippen LogP contribution in [0.15, 0.2) is 0 Å². The van der Waals surface area contributed by atoms with Gasteiger partial charge in [-0.2, -0.15) is 0 Å². The molecule has 0 saturated carbocycles. The van der Waals surface area contributed by atoms with E-state index in [4.69, 9.17) is 14.9 Å². The fourth-order valence-corrected chi connectivity index (χ4v) is 1.44. The van der Waals surface area contributed by atoms with Crippen LogP contribution in [0.25, 0.3) is 0 Å². The van der Waals surface area contributed by atoms with Gasteiger partial charge in [-0.15, -0.1) is 0 Å². The summed E-state index contributed by atoms with van der Waals surface area (Å²) in [6.07, 6.45) is -0.758. The van der Waals surface area contributed by atoms with Gasteiger partial charge in [0, 0.05) is 6.04 Å². The number of nitrogens with zero attached hydrogens (tertiary/aromatic N) is 1. The summed E-state index contributed by atoms with van der Waals surface area (Å²) in [7, 11) is 0. The van der Waals surface area contributed by atoms with Crippen molar-refractivity contribution in [1.82, 2.24) is 10.2 Å². The van der Waals surface area contributed by atoms with Crippen LogP contribution >= 0.6 is 0 Å². The van der Waals surface area contributed by atoms with Gasteiger partial charge >= 0.3 is 23.9 Å². The second kappa shape index (κ2) is 8.77. The number of hydrogen-bond donors (Lipinski definition) is 3. The Hall–Kier alpha value is -2.32. The molecule has 2 amide bonds.